The minimum absolute atomic E-state index is 0.175. The van der Waals surface area contributed by atoms with Gasteiger partial charge in [-0.2, -0.15) is 0 Å². The summed E-state index contributed by atoms with van der Waals surface area (Å²) in [6.45, 7) is 5.10. The van der Waals surface area contributed by atoms with E-state index in [2.05, 4.69) is 19.2 Å². The SMILES string of the molecule is CCC(C)CNC(=O)C1CCC(N)C1. The van der Waals surface area contributed by atoms with Gasteiger partial charge < -0.3 is 11.1 Å². The molecule has 0 radical (unpaired) electrons. The molecule has 0 aromatic rings. The van der Waals surface area contributed by atoms with E-state index in [0.29, 0.717) is 5.92 Å². The van der Waals surface area contributed by atoms with E-state index < -0.39 is 0 Å². The highest BCUT2D eigenvalue weighted by atomic mass is 16.1. The van der Waals surface area contributed by atoms with Crippen molar-refractivity contribution in [1.29, 1.82) is 0 Å². The Balaban J connectivity index is 2.22. The van der Waals surface area contributed by atoms with E-state index in [9.17, 15) is 4.79 Å². The average molecular weight is 198 g/mol. The molecule has 3 atom stereocenters. The summed E-state index contributed by atoms with van der Waals surface area (Å²) in [4.78, 5) is 11.6. The highest BCUT2D eigenvalue weighted by Crippen LogP contribution is 2.24. The molecule has 1 aliphatic rings. The zero-order valence-corrected chi connectivity index (χ0v) is 9.25. The Labute approximate surface area is 86.4 Å². The molecular weight excluding hydrogens is 176 g/mol. The average Bonchev–Trinajstić information content (AvgIpc) is 2.60. The maximum Gasteiger partial charge on any atom is 0.223 e. The van der Waals surface area contributed by atoms with Crippen LogP contribution in [-0.2, 0) is 4.79 Å². The maximum absolute atomic E-state index is 11.6. The molecule has 0 aromatic heterocycles. The van der Waals surface area contributed by atoms with Crippen LogP contribution in [0.2, 0.25) is 0 Å². The number of nitrogens with two attached hydrogens (primary N) is 1. The molecule has 1 rings (SSSR count). The van der Waals surface area contributed by atoms with Gasteiger partial charge in [-0.3, -0.25) is 4.79 Å². The topological polar surface area (TPSA) is 55.1 Å². The first-order valence-corrected chi connectivity index (χ1v) is 5.66. The van der Waals surface area contributed by atoms with Crippen molar-refractivity contribution in [2.24, 2.45) is 17.6 Å². The summed E-state index contributed by atoms with van der Waals surface area (Å²) in [6, 6.07) is 0.245. The zero-order valence-electron chi connectivity index (χ0n) is 9.25. The number of rotatable bonds is 4. The number of carbonyl (C=O) groups is 1. The van der Waals surface area contributed by atoms with Crippen molar-refractivity contribution >= 4 is 5.91 Å². The van der Waals surface area contributed by atoms with Crippen LogP contribution in [0.15, 0.2) is 0 Å². The monoisotopic (exact) mass is 198 g/mol. The smallest absolute Gasteiger partial charge is 0.223 e. The van der Waals surface area contributed by atoms with E-state index in [1.807, 2.05) is 0 Å². The largest absolute Gasteiger partial charge is 0.356 e. The summed E-state index contributed by atoms with van der Waals surface area (Å²) < 4.78 is 0. The molecule has 1 amide bonds. The van der Waals surface area contributed by atoms with E-state index in [0.717, 1.165) is 32.2 Å². The van der Waals surface area contributed by atoms with Crippen LogP contribution < -0.4 is 11.1 Å². The predicted octanol–water partition coefficient (Wildman–Crippen LogP) is 1.28. The normalized spacial score (nSPS) is 28.8. The summed E-state index contributed by atoms with van der Waals surface area (Å²) in [5, 5.41) is 3.00. The maximum atomic E-state index is 11.6. The van der Waals surface area contributed by atoms with Crippen molar-refractivity contribution in [3.05, 3.63) is 0 Å². The van der Waals surface area contributed by atoms with E-state index in [4.69, 9.17) is 5.73 Å². The number of carbonyl (C=O) groups excluding carboxylic acids is 1. The minimum Gasteiger partial charge on any atom is -0.356 e. The Morgan fingerprint density at radius 3 is 2.79 bits per heavy atom. The third-order valence-corrected chi connectivity index (χ3v) is 3.17. The Bertz CT molecular complexity index is 194. The fourth-order valence-corrected chi connectivity index (χ4v) is 1.82. The van der Waals surface area contributed by atoms with E-state index >= 15 is 0 Å². The van der Waals surface area contributed by atoms with E-state index in [1.54, 1.807) is 0 Å². The van der Waals surface area contributed by atoms with Gasteiger partial charge >= 0.3 is 0 Å². The lowest BCUT2D eigenvalue weighted by molar-refractivity contribution is -0.125. The molecule has 3 nitrogen and oxygen atoms in total. The molecule has 14 heavy (non-hydrogen) atoms. The lowest BCUT2D eigenvalue weighted by Crippen LogP contribution is -2.33. The Hall–Kier alpha value is -0.570. The van der Waals surface area contributed by atoms with Gasteiger partial charge in [0.05, 0.1) is 0 Å². The number of nitrogens with one attached hydrogen (secondary N) is 1. The first-order chi connectivity index (χ1) is 6.63. The second-order valence-electron chi connectivity index (χ2n) is 4.53. The van der Waals surface area contributed by atoms with Crippen molar-refractivity contribution in [2.75, 3.05) is 6.54 Å². The number of amides is 1. The summed E-state index contributed by atoms with van der Waals surface area (Å²) in [5.41, 5.74) is 5.77. The summed E-state index contributed by atoms with van der Waals surface area (Å²) in [5.74, 6) is 0.960. The van der Waals surface area contributed by atoms with Crippen LogP contribution in [0.3, 0.4) is 0 Å². The van der Waals surface area contributed by atoms with E-state index in [1.165, 1.54) is 0 Å². The third-order valence-electron chi connectivity index (χ3n) is 3.17. The molecule has 0 spiro atoms. The van der Waals surface area contributed by atoms with Crippen LogP contribution in [0.25, 0.3) is 0 Å². The van der Waals surface area contributed by atoms with Gasteiger partial charge in [0.15, 0.2) is 0 Å². The van der Waals surface area contributed by atoms with Gasteiger partial charge in [-0.1, -0.05) is 20.3 Å². The van der Waals surface area contributed by atoms with Gasteiger partial charge in [0.2, 0.25) is 5.91 Å². The van der Waals surface area contributed by atoms with Crippen molar-refractivity contribution in [1.82, 2.24) is 5.32 Å². The number of hydrogen-bond acceptors (Lipinski definition) is 2. The van der Waals surface area contributed by atoms with Crippen LogP contribution in [0.1, 0.15) is 39.5 Å². The van der Waals surface area contributed by atoms with Crippen LogP contribution in [0.5, 0.6) is 0 Å². The molecule has 0 aliphatic heterocycles. The Morgan fingerprint density at radius 2 is 2.29 bits per heavy atom. The van der Waals surface area contributed by atoms with Gasteiger partial charge in [0, 0.05) is 18.5 Å². The molecule has 1 aliphatic carbocycles. The highest BCUT2D eigenvalue weighted by molar-refractivity contribution is 5.78. The predicted molar refractivity (Wildman–Crippen MR) is 57.8 cm³/mol. The zero-order chi connectivity index (χ0) is 10.6. The molecule has 1 fully saturated rings. The fraction of sp³-hybridized carbons (Fsp3) is 0.909. The minimum atomic E-state index is 0.175. The highest BCUT2D eigenvalue weighted by Gasteiger charge is 2.27. The third kappa shape index (κ3) is 3.29. The molecule has 3 heteroatoms. The van der Waals surface area contributed by atoms with Gasteiger partial charge in [-0.25, -0.2) is 0 Å². The lowest BCUT2D eigenvalue weighted by Gasteiger charge is -2.13. The van der Waals surface area contributed by atoms with Crippen LogP contribution in [0.4, 0.5) is 0 Å². The molecule has 3 N–H and O–H groups in total. The summed E-state index contributed by atoms with van der Waals surface area (Å²) >= 11 is 0. The molecule has 0 heterocycles. The lowest BCUT2D eigenvalue weighted by atomic mass is 10.1. The number of hydrogen-bond donors (Lipinski definition) is 2. The second kappa shape index (κ2) is 5.35. The van der Waals surface area contributed by atoms with Gasteiger partial charge in [-0.05, 0) is 25.2 Å². The fourth-order valence-electron chi connectivity index (χ4n) is 1.82. The van der Waals surface area contributed by atoms with Crippen LogP contribution in [0, 0.1) is 11.8 Å². The standard InChI is InChI=1S/C11H22N2O/c1-3-8(2)7-13-11(14)9-4-5-10(12)6-9/h8-10H,3-7,12H2,1-2H3,(H,13,14). The van der Waals surface area contributed by atoms with Crippen molar-refractivity contribution in [2.45, 2.75) is 45.6 Å². The Morgan fingerprint density at radius 1 is 1.57 bits per heavy atom. The first kappa shape index (κ1) is 11.5. The van der Waals surface area contributed by atoms with Gasteiger partial charge in [0.25, 0.3) is 0 Å². The molecule has 3 unspecified atom stereocenters. The summed E-state index contributed by atoms with van der Waals surface area (Å²) in [6.07, 6.45) is 3.95. The van der Waals surface area contributed by atoms with Gasteiger partial charge in [0.1, 0.15) is 0 Å². The molecule has 1 saturated carbocycles. The molecule has 0 aromatic carbocycles. The molecular formula is C11H22N2O. The van der Waals surface area contributed by atoms with Crippen LogP contribution in [-0.4, -0.2) is 18.5 Å². The first-order valence-electron chi connectivity index (χ1n) is 5.66. The molecule has 82 valence electrons. The molecule has 0 bridgehead atoms. The second-order valence-corrected chi connectivity index (χ2v) is 4.53. The van der Waals surface area contributed by atoms with Crippen LogP contribution >= 0.6 is 0 Å². The van der Waals surface area contributed by atoms with Gasteiger partial charge in [-0.15, -0.1) is 0 Å². The summed E-state index contributed by atoms with van der Waals surface area (Å²) in [7, 11) is 0. The quantitative estimate of drug-likeness (QED) is 0.715. The Kier molecular flexibility index (Phi) is 4.39. The molecule has 0 saturated heterocycles. The van der Waals surface area contributed by atoms with Crippen molar-refractivity contribution < 1.29 is 4.79 Å². The van der Waals surface area contributed by atoms with Crippen molar-refractivity contribution in [3.8, 4) is 0 Å². The van der Waals surface area contributed by atoms with E-state index in [-0.39, 0.29) is 17.9 Å². The van der Waals surface area contributed by atoms with Crippen molar-refractivity contribution in [3.63, 3.8) is 0 Å².